The molecule has 0 fully saturated rings. The lowest BCUT2D eigenvalue weighted by atomic mass is 10.1. The molecule has 26 heavy (non-hydrogen) atoms. The van der Waals surface area contributed by atoms with Gasteiger partial charge in [0.15, 0.2) is 4.96 Å². The summed E-state index contributed by atoms with van der Waals surface area (Å²) >= 11 is 1.42. The van der Waals surface area contributed by atoms with Crippen LogP contribution in [0.25, 0.3) is 27.5 Å². The normalized spacial score (nSPS) is 11.0. The van der Waals surface area contributed by atoms with Crippen molar-refractivity contribution in [3.05, 3.63) is 65.7 Å². The summed E-state index contributed by atoms with van der Waals surface area (Å²) in [6.45, 7) is 0. The Bertz CT molecular complexity index is 1070. The minimum Gasteiger partial charge on any atom is -0.497 e. The van der Waals surface area contributed by atoms with Gasteiger partial charge >= 0.3 is 5.97 Å². The highest BCUT2D eigenvalue weighted by atomic mass is 32.1. The van der Waals surface area contributed by atoms with E-state index in [4.69, 9.17) is 9.72 Å². The fourth-order valence-electron chi connectivity index (χ4n) is 2.94. The predicted molar refractivity (Wildman–Crippen MR) is 102 cm³/mol. The van der Waals surface area contributed by atoms with E-state index in [2.05, 4.69) is 0 Å². The molecule has 0 aliphatic heterocycles. The van der Waals surface area contributed by atoms with E-state index in [1.807, 2.05) is 65.2 Å². The number of hydrogen-bond donors (Lipinski definition) is 1. The van der Waals surface area contributed by atoms with Gasteiger partial charge in [0.1, 0.15) is 5.75 Å². The number of hydrogen-bond acceptors (Lipinski definition) is 4. The number of carboxylic acids is 1. The van der Waals surface area contributed by atoms with Crippen LogP contribution in [0.1, 0.15) is 4.88 Å². The third-order valence-corrected chi connectivity index (χ3v) is 5.19. The fraction of sp³-hybridized carbons (Fsp3) is 0.100. The molecule has 0 amide bonds. The van der Waals surface area contributed by atoms with E-state index in [9.17, 15) is 9.90 Å². The lowest BCUT2D eigenvalue weighted by Gasteiger charge is -2.04. The molecule has 2 aromatic heterocycles. The first-order valence-electron chi connectivity index (χ1n) is 8.08. The second-order valence-electron chi connectivity index (χ2n) is 5.82. The Hall–Kier alpha value is -3.12. The lowest BCUT2D eigenvalue weighted by Crippen LogP contribution is -2.00. The molecule has 0 radical (unpaired) electrons. The molecule has 0 unspecified atom stereocenters. The number of ether oxygens (including phenoxy) is 1. The maximum Gasteiger partial charge on any atom is 0.308 e. The number of carboxylic acid groups (broad SMARTS) is 1. The van der Waals surface area contributed by atoms with E-state index in [0.29, 0.717) is 0 Å². The van der Waals surface area contributed by atoms with E-state index >= 15 is 0 Å². The van der Waals surface area contributed by atoms with Crippen molar-refractivity contribution in [3.63, 3.8) is 0 Å². The number of rotatable bonds is 5. The molecule has 4 rings (SSSR count). The first-order valence-corrected chi connectivity index (χ1v) is 8.90. The average molecular weight is 364 g/mol. The van der Waals surface area contributed by atoms with Crippen LogP contribution in [-0.2, 0) is 11.2 Å². The van der Waals surface area contributed by atoms with Crippen molar-refractivity contribution in [2.24, 2.45) is 0 Å². The minimum absolute atomic E-state index is 0.0177. The van der Waals surface area contributed by atoms with E-state index in [-0.39, 0.29) is 6.42 Å². The van der Waals surface area contributed by atoms with Gasteiger partial charge < -0.3 is 9.84 Å². The molecule has 0 aliphatic carbocycles. The van der Waals surface area contributed by atoms with Gasteiger partial charge in [0.25, 0.3) is 0 Å². The fourth-order valence-corrected chi connectivity index (χ4v) is 4.06. The van der Waals surface area contributed by atoms with Crippen LogP contribution in [0.15, 0.2) is 60.8 Å². The van der Waals surface area contributed by atoms with Gasteiger partial charge in [-0.05, 0) is 29.8 Å². The van der Waals surface area contributed by atoms with Crippen LogP contribution in [0.3, 0.4) is 0 Å². The maximum absolute atomic E-state index is 11.3. The van der Waals surface area contributed by atoms with Crippen molar-refractivity contribution in [1.82, 2.24) is 9.38 Å². The summed E-state index contributed by atoms with van der Waals surface area (Å²) in [5.41, 5.74) is 3.70. The van der Waals surface area contributed by atoms with E-state index in [1.165, 1.54) is 11.3 Å². The quantitative estimate of drug-likeness (QED) is 0.571. The third-order valence-electron chi connectivity index (χ3n) is 4.14. The molecule has 130 valence electrons. The largest absolute Gasteiger partial charge is 0.497 e. The van der Waals surface area contributed by atoms with Gasteiger partial charge in [-0.15, -0.1) is 11.3 Å². The number of methoxy groups -OCH3 is 1. The first kappa shape index (κ1) is 16.4. The second-order valence-corrected chi connectivity index (χ2v) is 6.88. The van der Waals surface area contributed by atoms with Crippen molar-refractivity contribution in [1.29, 1.82) is 0 Å². The molecular weight excluding hydrogens is 348 g/mol. The summed E-state index contributed by atoms with van der Waals surface area (Å²) < 4.78 is 7.18. The number of nitrogens with zero attached hydrogens (tertiary/aromatic N) is 2. The van der Waals surface area contributed by atoms with E-state index < -0.39 is 5.97 Å². The molecule has 4 aromatic rings. The standard InChI is InChI=1S/C20H16N2O3S/c1-25-15-9-7-13(8-10-15)16-12-22-19(14-5-3-2-4-6-14)17(11-18(23)24)26-20(22)21-16/h2-10,12H,11H2,1H3,(H,23,24). The Kier molecular flexibility index (Phi) is 4.18. The second kappa shape index (κ2) is 6.65. The number of thiazole rings is 1. The van der Waals surface area contributed by atoms with Crippen LogP contribution < -0.4 is 4.74 Å². The zero-order valence-corrected chi connectivity index (χ0v) is 14.9. The smallest absolute Gasteiger partial charge is 0.308 e. The molecule has 2 aromatic carbocycles. The number of aliphatic carboxylic acids is 1. The highest BCUT2D eigenvalue weighted by Crippen LogP contribution is 2.34. The Morgan fingerprint density at radius 2 is 1.85 bits per heavy atom. The highest BCUT2D eigenvalue weighted by molar-refractivity contribution is 7.17. The van der Waals surface area contributed by atoms with Crippen LogP contribution in [0, 0.1) is 0 Å². The molecule has 5 nitrogen and oxygen atoms in total. The summed E-state index contributed by atoms with van der Waals surface area (Å²) in [5.74, 6) is -0.0504. The van der Waals surface area contributed by atoms with Crippen molar-refractivity contribution in [3.8, 4) is 28.3 Å². The molecule has 0 atom stereocenters. The Labute approximate surface area is 154 Å². The topological polar surface area (TPSA) is 63.8 Å². The van der Waals surface area contributed by atoms with Gasteiger partial charge in [-0.1, -0.05) is 30.3 Å². The highest BCUT2D eigenvalue weighted by Gasteiger charge is 2.18. The average Bonchev–Trinajstić information content (AvgIpc) is 3.19. The molecule has 0 spiro atoms. The van der Waals surface area contributed by atoms with Crippen molar-refractivity contribution < 1.29 is 14.6 Å². The number of aromatic nitrogens is 2. The summed E-state index contributed by atoms with van der Waals surface area (Å²) in [6.07, 6.45) is 1.94. The van der Waals surface area contributed by atoms with Gasteiger partial charge in [0, 0.05) is 16.6 Å². The number of fused-ring (bicyclic) bond motifs is 1. The molecule has 0 bridgehead atoms. The number of imidazole rings is 1. The predicted octanol–water partition coefficient (Wildman–Crippen LogP) is 4.37. The van der Waals surface area contributed by atoms with Crippen molar-refractivity contribution >= 4 is 22.3 Å². The van der Waals surface area contributed by atoms with Crippen molar-refractivity contribution in [2.45, 2.75) is 6.42 Å². The summed E-state index contributed by atoms with van der Waals surface area (Å²) in [5, 5.41) is 9.25. The summed E-state index contributed by atoms with van der Waals surface area (Å²) in [4.78, 5) is 17.5. The van der Waals surface area contributed by atoms with Crippen LogP contribution in [0.5, 0.6) is 5.75 Å². The van der Waals surface area contributed by atoms with Crippen LogP contribution in [0.2, 0.25) is 0 Å². The minimum atomic E-state index is -0.845. The Morgan fingerprint density at radius 1 is 1.12 bits per heavy atom. The summed E-state index contributed by atoms with van der Waals surface area (Å²) in [7, 11) is 1.64. The van der Waals surface area contributed by atoms with E-state index in [0.717, 1.165) is 38.1 Å². The van der Waals surface area contributed by atoms with Gasteiger partial charge in [-0.2, -0.15) is 0 Å². The molecule has 0 saturated carbocycles. The van der Waals surface area contributed by atoms with Crippen molar-refractivity contribution in [2.75, 3.05) is 7.11 Å². The molecule has 0 saturated heterocycles. The van der Waals surface area contributed by atoms with Gasteiger partial charge in [-0.3, -0.25) is 9.20 Å². The van der Waals surface area contributed by atoms with Crippen LogP contribution >= 0.6 is 11.3 Å². The van der Waals surface area contributed by atoms with E-state index in [1.54, 1.807) is 7.11 Å². The van der Waals surface area contributed by atoms with Crippen LogP contribution in [-0.4, -0.2) is 27.6 Å². The third kappa shape index (κ3) is 2.95. The monoisotopic (exact) mass is 364 g/mol. The molecule has 0 aliphatic rings. The maximum atomic E-state index is 11.3. The zero-order chi connectivity index (χ0) is 18.1. The Morgan fingerprint density at radius 3 is 2.50 bits per heavy atom. The molecular formula is C20H16N2O3S. The molecule has 6 heteroatoms. The molecule has 2 heterocycles. The SMILES string of the molecule is COc1ccc(-c2cn3c(-c4ccccc4)c(CC(=O)O)sc3n2)cc1. The summed E-state index contributed by atoms with van der Waals surface area (Å²) in [6, 6.07) is 17.5. The first-order chi connectivity index (χ1) is 12.7. The van der Waals surface area contributed by atoms with Crippen LogP contribution in [0.4, 0.5) is 0 Å². The van der Waals surface area contributed by atoms with Gasteiger partial charge in [0.2, 0.25) is 0 Å². The Balaban J connectivity index is 1.85. The van der Waals surface area contributed by atoms with Gasteiger partial charge in [-0.25, -0.2) is 4.98 Å². The molecule has 1 N–H and O–H groups in total. The number of carbonyl (C=O) groups is 1. The van der Waals surface area contributed by atoms with Gasteiger partial charge in [0.05, 0.1) is 24.9 Å². The zero-order valence-electron chi connectivity index (χ0n) is 14.0. The number of benzene rings is 2. The lowest BCUT2D eigenvalue weighted by molar-refractivity contribution is -0.136.